The number of amides is 2. The highest BCUT2D eigenvalue weighted by Crippen LogP contribution is 2.40. The van der Waals surface area contributed by atoms with Crippen LogP contribution < -0.4 is 15.8 Å². The van der Waals surface area contributed by atoms with Crippen molar-refractivity contribution in [3.8, 4) is 0 Å². The maximum atomic E-state index is 12.6. The summed E-state index contributed by atoms with van der Waals surface area (Å²) in [5.41, 5.74) is 6.50. The monoisotopic (exact) mass is 440 g/mol. The molecule has 0 bridgehead atoms. The molecule has 2 aliphatic heterocycles. The lowest BCUT2D eigenvalue weighted by Crippen LogP contribution is -2.71. The van der Waals surface area contributed by atoms with E-state index in [0.717, 1.165) is 11.2 Å². The summed E-state index contributed by atoms with van der Waals surface area (Å²) < 4.78 is 25.0. The van der Waals surface area contributed by atoms with Crippen molar-refractivity contribution in [2.45, 2.75) is 29.6 Å². The van der Waals surface area contributed by atoms with Gasteiger partial charge in [-0.25, -0.2) is 13.2 Å². The molecule has 10 nitrogen and oxygen atoms in total. The molecule has 5 N–H and O–H groups in total. The Hall–Kier alpha value is -2.57. The van der Waals surface area contributed by atoms with Gasteiger partial charge >= 0.3 is 5.97 Å². The number of fused-ring (bicyclic) bond motifs is 1. The molecule has 2 aliphatic rings. The molecule has 0 radical (unpaired) electrons. The highest BCUT2D eigenvalue weighted by Gasteiger charge is 2.54. The van der Waals surface area contributed by atoms with Crippen molar-refractivity contribution < 1.29 is 27.9 Å². The lowest BCUT2D eigenvalue weighted by molar-refractivity contribution is -0.150. The van der Waals surface area contributed by atoms with E-state index in [1.165, 1.54) is 30.0 Å². The number of carbonyl (C=O) groups is 3. The van der Waals surface area contributed by atoms with E-state index in [4.69, 9.17) is 5.73 Å². The molecular formula is C17H20N4O6S2. The molecule has 1 fully saturated rings. The maximum Gasteiger partial charge on any atom is 0.352 e. The molecule has 1 saturated heterocycles. The Labute approximate surface area is 171 Å². The number of carbonyl (C=O) groups excluding carboxylic acids is 2. The lowest BCUT2D eigenvalue weighted by atomic mass is 10.0. The number of carboxylic acids is 1. The summed E-state index contributed by atoms with van der Waals surface area (Å²) in [6.07, 6.45) is 2.49. The number of rotatable bonds is 6. The van der Waals surface area contributed by atoms with Gasteiger partial charge in [0.2, 0.25) is 15.9 Å². The van der Waals surface area contributed by atoms with E-state index < -0.39 is 45.3 Å². The summed E-state index contributed by atoms with van der Waals surface area (Å²) in [6, 6.07) is 4.04. The van der Waals surface area contributed by atoms with Crippen LogP contribution in [-0.2, 0) is 24.4 Å². The number of hydrogen-bond donors (Lipinski definition) is 4. The fourth-order valence-corrected chi connectivity index (χ4v) is 5.02. The lowest BCUT2D eigenvalue weighted by Gasteiger charge is -2.49. The van der Waals surface area contributed by atoms with Crippen molar-refractivity contribution in [3.05, 3.63) is 41.6 Å². The first-order chi connectivity index (χ1) is 13.5. The number of carboxylic acid groups (broad SMARTS) is 1. The van der Waals surface area contributed by atoms with Gasteiger partial charge in [-0.2, -0.15) is 0 Å². The predicted octanol–water partition coefficient (Wildman–Crippen LogP) is -0.185. The van der Waals surface area contributed by atoms with E-state index >= 15 is 0 Å². The van der Waals surface area contributed by atoms with Crippen LogP contribution in [0.4, 0.5) is 5.69 Å². The Bertz CT molecular complexity index is 1010. The second-order valence-electron chi connectivity index (χ2n) is 6.76. The summed E-state index contributed by atoms with van der Waals surface area (Å²) >= 11 is 1.36. The zero-order valence-corrected chi connectivity index (χ0v) is 17.2. The number of β-lactam (4-membered cyclic amide) rings is 1. The zero-order chi connectivity index (χ0) is 21.5. The average molecular weight is 441 g/mol. The Morgan fingerprint density at radius 3 is 2.66 bits per heavy atom. The van der Waals surface area contributed by atoms with E-state index in [2.05, 4.69) is 10.0 Å². The molecule has 0 aliphatic carbocycles. The van der Waals surface area contributed by atoms with Crippen molar-refractivity contribution in [2.75, 3.05) is 11.0 Å². The Morgan fingerprint density at radius 2 is 2.03 bits per heavy atom. The summed E-state index contributed by atoms with van der Waals surface area (Å²) in [7, 11) is -3.49. The Balaban J connectivity index is 1.71. The van der Waals surface area contributed by atoms with Gasteiger partial charge in [-0.3, -0.25) is 19.2 Å². The Morgan fingerprint density at radius 1 is 1.34 bits per heavy atom. The average Bonchev–Trinajstić information content (AvgIpc) is 2.63. The number of aliphatic carboxylic acids is 1. The van der Waals surface area contributed by atoms with Crippen molar-refractivity contribution in [1.82, 2.24) is 10.2 Å². The summed E-state index contributed by atoms with van der Waals surface area (Å²) in [5, 5.41) is 11.2. The van der Waals surface area contributed by atoms with Crippen LogP contribution in [0.3, 0.4) is 0 Å². The minimum atomic E-state index is -3.49. The van der Waals surface area contributed by atoms with E-state index in [9.17, 15) is 27.9 Å². The molecule has 0 saturated carbocycles. The standard InChI is InChI=1S/C17H20N4O6S2/c1-8-6-11(17(24)25)21-15(23)13(16(21)28-8)19-14(22)12(18)9-4-3-5-10(7-9)20-29(2,26)27/h3-8,12-13,16,20H,18H2,1-2H3,(H,19,22)(H,24,25)/t8?,12?,13?,16-/m0/s1. The van der Waals surface area contributed by atoms with Crippen LogP contribution >= 0.6 is 11.8 Å². The molecule has 156 valence electrons. The van der Waals surface area contributed by atoms with Crippen molar-refractivity contribution in [1.29, 1.82) is 0 Å². The quantitative estimate of drug-likeness (QED) is 0.443. The van der Waals surface area contributed by atoms with Crippen molar-refractivity contribution >= 4 is 45.3 Å². The molecule has 12 heteroatoms. The van der Waals surface area contributed by atoms with E-state index in [1.807, 2.05) is 0 Å². The third-order valence-electron chi connectivity index (χ3n) is 4.40. The minimum Gasteiger partial charge on any atom is -0.477 e. The number of nitrogens with zero attached hydrogens (tertiary/aromatic N) is 1. The van der Waals surface area contributed by atoms with Crippen LogP contribution in [-0.4, -0.2) is 59.1 Å². The molecule has 4 atom stereocenters. The van der Waals surface area contributed by atoms with Crippen LogP contribution in [0.15, 0.2) is 36.0 Å². The molecular weight excluding hydrogens is 420 g/mol. The first-order valence-corrected chi connectivity index (χ1v) is 11.4. The van der Waals surface area contributed by atoms with Crippen LogP contribution in [0, 0.1) is 0 Å². The van der Waals surface area contributed by atoms with Gasteiger partial charge in [-0.1, -0.05) is 12.1 Å². The number of thioether (sulfide) groups is 1. The molecule has 0 aromatic heterocycles. The fraction of sp³-hybridized carbons (Fsp3) is 0.353. The number of anilines is 1. The van der Waals surface area contributed by atoms with Gasteiger partial charge in [0.15, 0.2) is 0 Å². The molecule has 1 aromatic rings. The molecule has 0 spiro atoms. The third kappa shape index (κ3) is 4.38. The smallest absolute Gasteiger partial charge is 0.352 e. The number of benzene rings is 1. The van der Waals surface area contributed by atoms with Gasteiger partial charge in [0.05, 0.1) is 6.26 Å². The second-order valence-corrected chi connectivity index (χ2v) is 10.0. The van der Waals surface area contributed by atoms with Crippen LogP contribution in [0.2, 0.25) is 0 Å². The highest BCUT2D eigenvalue weighted by molar-refractivity contribution is 8.00. The fourth-order valence-electron chi connectivity index (χ4n) is 3.13. The van der Waals surface area contributed by atoms with Gasteiger partial charge in [-0.15, -0.1) is 11.8 Å². The van der Waals surface area contributed by atoms with Crippen LogP contribution in [0.25, 0.3) is 0 Å². The van der Waals surface area contributed by atoms with Gasteiger partial charge in [0.25, 0.3) is 5.91 Å². The maximum absolute atomic E-state index is 12.6. The SMILES string of the molecule is CC1C=C(C(=O)O)N2C(=O)C(NC(=O)C(N)c3cccc(NS(C)(=O)=O)c3)[C@@H]2S1. The van der Waals surface area contributed by atoms with Gasteiger partial charge in [-0.05, 0) is 30.7 Å². The highest BCUT2D eigenvalue weighted by atomic mass is 32.2. The first kappa shape index (κ1) is 21.1. The first-order valence-electron chi connectivity index (χ1n) is 8.55. The molecule has 3 unspecified atom stereocenters. The summed E-state index contributed by atoms with van der Waals surface area (Å²) in [6.45, 7) is 1.80. The molecule has 29 heavy (non-hydrogen) atoms. The molecule has 3 rings (SSSR count). The van der Waals surface area contributed by atoms with Gasteiger partial charge in [0.1, 0.15) is 23.2 Å². The Kier molecular flexibility index (Phi) is 5.61. The molecule has 2 heterocycles. The van der Waals surface area contributed by atoms with Crippen LogP contribution in [0.5, 0.6) is 0 Å². The normalized spacial score (nSPS) is 24.7. The van der Waals surface area contributed by atoms with E-state index in [0.29, 0.717) is 5.56 Å². The van der Waals surface area contributed by atoms with Gasteiger partial charge < -0.3 is 16.2 Å². The van der Waals surface area contributed by atoms with Crippen molar-refractivity contribution in [3.63, 3.8) is 0 Å². The topological polar surface area (TPSA) is 159 Å². The number of nitrogens with two attached hydrogens (primary N) is 1. The summed E-state index contributed by atoms with van der Waals surface area (Å²) in [5.74, 6) is -2.34. The largest absolute Gasteiger partial charge is 0.477 e. The zero-order valence-electron chi connectivity index (χ0n) is 15.5. The second kappa shape index (κ2) is 7.69. The molecule has 1 aromatic carbocycles. The minimum absolute atomic E-state index is 0.0967. The van der Waals surface area contributed by atoms with Crippen molar-refractivity contribution in [2.24, 2.45) is 5.73 Å². The number of hydrogen-bond acceptors (Lipinski definition) is 7. The number of sulfonamides is 1. The van der Waals surface area contributed by atoms with E-state index in [1.54, 1.807) is 19.1 Å². The third-order valence-corrected chi connectivity index (χ3v) is 6.33. The predicted molar refractivity (Wildman–Crippen MR) is 107 cm³/mol. The van der Waals surface area contributed by atoms with E-state index in [-0.39, 0.29) is 16.6 Å². The molecule has 2 amide bonds. The van der Waals surface area contributed by atoms with Gasteiger partial charge in [0, 0.05) is 10.9 Å². The summed E-state index contributed by atoms with van der Waals surface area (Å²) in [4.78, 5) is 37.5. The van der Waals surface area contributed by atoms with Crippen LogP contribution in [0.1, 0.15) is 18.5 Å². The number of nitrogens with one attached hydrogen (secondary N) is 2.